The molecule has 0 aromatic heterocycles. The lowest BCUT2D eigenvalue weighted by atomic mass is 10.2. The maximum Gasteiger partial charge on any atom is 0.322 e. The number of carboxylic acids is 1. The van der Waals surface area contributed by atoms with E-state index >= 15 is 0 Å². The number of halogens is 1. The normalized spacial score (nSPS) is 13.4. The molecule has 0 saturated carbocycles. The average Bonchev–Trinajstić information content (AvgIpc) is 2.21. The fourth-order valence-corrected chi connectivity index (χ4v) is 3.12. The van der Waals surface area contributed by atoms with Crippen LogP contribution in [0.4, 0.5) is 4.39 Å². The molecule has 0 bridgehead atoms. The molecule has 1 rings (SSSR count). The Morgan fingerprint density at radius 2 is 2.06 bits per heavy atom. The zero-order chi connectivity index (χ0) is 13.2. The SMILES string of the molecule is CCC(C(=O)O)S(=O)(=O)c1ccc(F)c(C)c1. The summed E-state index contributed by atoms with van der Waals surface area (Å²) in [6.45, 7) is 2.91. The number of rotatable bonds is 4. The zero-order valence-electron chi connectivity index (χ0n) is 9.47. The molecule has 0 aliphatic rings. The van der Waals surface area contributed by atoms with Crippen molar-refractivity contribution in [3.63, 3.8) is 0 Å². The molecule has 0 radical (unpaired) electrons. The molecular formula is C11H13FO4S. The first-order chi connectivity index (χ1) is 7.80. The summed E-state index contributed by atoms with van der Waals surface area (Å²) in [5.74, 6) is -1.91. The van der Waals surface area contributed by atoms with E-state index in [9.17, 15) is 17.6 Å². The highest BCUT2D eigenvalue weighted by Crippen LogP contribution is 2.21. The highest BCUT2D eigenvalue weighted by molar-refractivity contribution is 7.92. The molecule has 0 saturated heterocycles. The van der Waals surface area contributed by atoms with Gasteiger partial charge in [0, 0.05) is 0 Å². The van der Waals surface area contributed by atoms with Crippen LogP contribution in [0.15, 0.2) is 23.1 Å². The Hall–Kier alpha value is -1.43. The molecule has 1 aromatic rings. The van der Waals surface area contributed by atoms with Crippen LogP contribution in [0.1, 0.15) is 18.9 Å². The minimum Gasteiger partial charge on any atom is -0.480 e. The molecule has 1 unspecified atom stereocenters. The summed E-state index contributed by atoms with van der Waals surface area (Å²) in [5, 5.41) is 7.35. The third kappa shape index (κ3) is 2.63. The molecule has 1 N–H and O–H groups in total. The minimum atomic E-state index is -3.96. The molecule has 0 spiro atoms. The third-order valence-electron chi connectivity index (χ3n) is 2.48. The van der Waals surface area contributed by atoms with E-state index in [1.165, 1.54) is 13.8 Å². The van der Waals surface area contributed by atoms with Gasteiger partial charge in [-0.25, -0.2) is 12.8 Å². The van der Waals surface area contributed by atoms with Crippen LogP contribution in [0.25, 0.3) is 0 Å². The Labute approximate surface area is 99.0 Å². The van der Waals surface area contributed by atoms with Gasteiger partial charge in [0.2, 0.25) is 0 Å². The number of hydrogen-bond donors (Lipinski definition) is 1. The summed E-state index contributed by atoms with van der Waals surface area (Å²) in [5.41, 5.74) is 0.173. The molecule has 4 nitrogen and oxygen atoms in total. The van der Waals surface area contributed by atoms with Gasteiger partial charge in [0.1, 0.15) is 5.82 Å². The van der Waals surface area contributed by atoms with Crippen LogP contribution in [-0.2, 0) is 14.6 Å². The number of carboxylic acid groups (broad SMARTS) is 1. The van der Waals surface area contributed by atoms with Gasteiger partial charge < -0.3 is 5.11 Å². The van der Waals surface area contributed by atoms with E-state index in [2.05, 4.69) is 0 Å². The van der Waals surface area contributed by atoms with Gasteiger partial charge in [0.05, 0.1) is 4.90 Å². The van der Waals surface area contributed by atoms with Gasteiger partial charge in [0.15, 0.2) is 15.1 Å². The van der Waals surface area contributed by atoms with Gasteiger partial charge in [-0.15, -0.1) is 0 Å². The average molecular weight is 260 g/mol. The van der Waals surface area contributed by atoms with Crippen LogP contribution in [0.5, 0.6) is 0 Å². The van der Waals surface area contributed by atoms with Crippen LogP contribution in [0.2, 0.25) is 0 Å². The van der Waals surface area contributed by atoms with Crippen LogP contribution >= 0.6 is 0 Å². The summed E-state index contributed by atoms with van der Waals surface area (Å²) in [4.78, 5) is 10.7. The van der Waals surface area contributed by atoms with Crippen LogP contribution in [-0.4, -0.2) is 24.7 Å². The van der Waals surface area contributed by atoms with Crippen molar-refractivity contribution in [2.24, 2.45) is 0 Å². The number of carbonyl (C=O) groups is 1. The molecule has 0 fully saturated rings. The van der Waals surface area contributed by atoms with Gasteiger partial charge >= 0.3 is 5.97 Å². The number of aryl methyl sites for hydroxylation is 1. The lowest BCUT2D eigenvalue weighted by molar-refractivity contribution is -0.136. The van der Waals surface area contributed by atoms with E-state index < -0.39 is 26.9 Å². The summed E-state index contributed by atoms with van der Waals surface area (Å²) >= 11 is 0. The van der Waals surface area contributed by atoms with E-state index in [4.69, 9.17) is 5.11 Å². The van der Waals surface area contributed by atoms with Crippen LogP contribution in [0, 0.1) is 12.7 Å². The molecule has 17 heavy (non-hydrogen) atoms. The smallest absolute Gasteiger partial charge is 0.322 e. The first kappa shape index (κ1) is 13.6. The lowest BCUT2D eigenvalue weighted by Crippen LogP contribution is -2.29. The van der Waals surface area contributed by atoms with Crippen molar-refractivity contribution in [3.8, 4) is 0 Å². The zero-order valence-corrected chi connectivity index (χ0v) is 10.3. The van der Waals surface area contributed by atoms with E-state index in [1.807, 2.05) is 0 Å². The molecule has 94 valence electrons. The predicted octanol–water partition coefficient (Wildman–Crippen LogP) is 1.77. The van der Waals surface area contributed by atoms with E-state index in [-0.39, 0.29) is 16.9 Å². The van der Waals surface area contributed by atoms with Crippen molar-refractivity contribution in [2.75, 3.05) is 0 Å². The summed E-state index contributed by atoms with van der Waals surface area (Å²) < 4.78 is 36.9. The molecule has 0 aliphatic heterocycles. The number of hydrogen-bond acceptors (Lipinski definition) is 3. The topological polar surface area (TPSA) is 71.4 Å². The molecule has 6 heteroatoms. The van der Waals surface area contributed by atoms with Crippen molar-refractivity contribution < 1.29 is 22.7 Å². The highest BCUT2D eigenvalue weighted by atomic mass is 32.2. The van der Waals surface area contributed by atoms with Crippen molar-refractivity contribution >= 4 is 15.8 Å². The maximum atomic E-state index is 13.0. The second kappa shape index (κ2) is 4.83. The molecule has 0 amide bonds. The Morgan fingerprint density at radius 3 is 2.47 bits per heavy atom. The van der Waals surface area contributed by atoms with E-state index in [0.717, 1.165) is 18.2 Å². The Kier molecular flexibility index (Phi) is 3.87. The highest BCUT2D eigenvalue weighted by Gasteiger charge is 2.32. The number of benzene rings is 1. The summed E-state index contributed by atoms with van der Waals surface area (Å²) in [6, 6.07) is 3.26. The van der Waals surface area contributed by atoms with Crippen LogP contribution in [0.3, 0.4) is 0 Å². The molecular weight excluding hydrogens is 247 g/mol. The first-order valence-electron chi connectivity index (χ1n) is 5.03. The fourth-order valence-electron chi connectivity index (χ4n) is 1.49. The summed E-state index contributed by atoms with van der Waals surface area (Å²) in [7, 11) is -3.96. The van der Waals surface area contributed by atoms with E-state index in [1.54, 1.807) is 0 Å². The van der Waals surface area contributed by atoms with Crippen molar-refractivity contribution in [2.45, 2.75) is 30.4 Å². The van der Waals surface area contributed by atoms with Crippen LogP contribution < -0.4 is 0 Å². The van der Waals surface area contributed by atoms with Gasteiger partial charge in [0.25, 0.3) is 0 Å². The predicted molar refractivity (Wildman–Crippen MR) is 60.0 cm³/mol. The number of aliphatic carboxylic acids is 1. The quantitative estimate of drug-likeness (QED) is 0.837. The second-order valence-corrected chi connectivity index (χ2v) is 5.82. The first-order valence-corrected chi connectivity index (χ1v) is 6.58. The molecule has 1 aromatic carbocycles. The van der Waals surface area contributed by atoms with Gasteiger partial charge in [-0.3, -0.25) is 4.79 Å². The van der Waals surface area contributed by atoms with Crippen molar-refractivity contribution in [1.29, 1.82) is 0 Å². The molecule has 0 heterocycles. The lowest BCUT2D eigenvalue weighted by Gasteiger charge is -2.12. The molecule has 1 atom stereocenters. The Balaban J connectivity index is 3.30. The second-order valence-electron chi connectivity index (χ2n) is 3.69. The largest absolute Gasteiger partial charge is 0.480 e. The van der Waals surface area contributed by atoms with Crippen molar-refractivity contribution in [1.82, 2.24) is 0 Å². The fraction of sp³-hybridized carbons (Fsp3) is 0.364. The number of sulfone groups is 1. The monoisotopic (exact) mass is 260 g/mol. The third-order valence-corrected chi connectivity index (χ3v) is 4.67. The minimum absolute atomic E-state index is 0.0336. The molecule has 0 aliphatic carbocycles. The van der Waals surface area contributed by atoms with Crippen molar-refractivity contribution in [3.05, 3.63) is 29.6 Å². The van der Waals surface area contributed by atoms with Gasteiger partial charge in [-0.1, -0.05) is 6.92 Å². The van der Waals surface area contributed by atoms with Gasteiger partial charge in [-0.2, -0.15) is 0 Å². The standard InChI is InChI=1S/C11H13FO4S/c1-3-10(11(13)14)17(15,16)8-4-5-9(12)7(2)6-8/h4-6,10H,3H2,1-2H3,(H,13,14). The maximum absolute atomic E-state index is 13.0. The Bertz CT molecular complexity index is 536. The summed E-state index contributed by atoms with van der Waals surface area (Å²) in [6.07, 6.45) is -0.0336. The van der Waals surface area contributed by atoms with E-state index in [0.29, 0.717) is 0 Å². The Morgan fingerprint density at radius 1 is 1.47 bits per heavy atom. The van der Waals surface area contributed by atoms with Gasteiger partial charge in [-0.05, 0) is 37.1 Å².